The quantitative estimate of drug-likeness (QED) is 0.841. The van der Waals surface area contributed by atoms with Crippen molar-refractivity contribution >= 4 is 33.2 Å². The third-order valence-electron chi connectivity index (χ3n) is 2.54. The number of hydrogen-bond donors (Lipinski definition) is 2. The van der Waals surface area contributed by atoms with E-state index in [1.807, 2.05) is 6.92 Å². The molecule has 1 heterocycles. The molecule has 0 aliphatic carbocycles. The van der Waals surface area contributed by atoms with Crippen LogP contribution < -0.4 is 15.8 Å². The van der Waals surface area contributed by atoms with Gasteiger partial charge in [-0.15, -0.1) is 0 Å². The third-order valence-corrected chi connectivity index (χ3v) is 3.23. The Hall–Kier alpha value is -2.08. The number of nitrogens with two attached hydrogens (primary N) is 1. The Kier molecular flexibility index (Phi) is 4.57. The molecule has 0 unspecified atom stereocenters. The van der Waals surface area contributed by atoms with Crippen LogP contribution in [-0.2, 0) is 0 Å². The van der Waals surface area contributed by atoms with Gasteiger partial charge in [-0.25, -0.2) is 4.98 Å². The second-order valence-electron chi connectivity index (χ2n) is 3.98. The van der Waals surface area contributed by atoms with Crippen molar-refractivity contribution in [2.24, 2.45) is 0 Å². The predicted molar refractivity (Wildman–Crippen MR) is 81.9 cm³/mol. The van der Waals surface area contributed by atoms with Crippen LogP contribution in [0, 0.1) is 0 Å². The van der Waals surface area contributed by atoms with Crippen LogP contribution in [0.25, 0.3) is 0 Å². The van der Waals surface area contributed by atoms with Crippen LogP contribution in [0.1, 0.15) is 17.3 Å². The van der Waals surface area contributed by atoms with Gasteiger partial charge in [0.1, 0.15) is 5.69 Å². The SMILES string of the molecule is CCOc1ncccc1NC(=O)c1cc(N)ccc1Br. The average molecular weight is 336 g/mol. The molecule has 0 aliphatic rings. The zero-order chi connectivity index (χ0) is 14.5. The van der Waals surface area contributed by atoms with Crippen LogP contribution in [-0.4, -0.2) is 17.5 Å². The van der Waals surface area contributed by atoms with E-state index in [2.05, 4.69) is 26.2 Å². The van der Waals surface area contributed by atoms with Gasteiger partial charge in [0.15, 0.2) is 0 Å². The Bertz CT molecular complexity index is 632. The molecule has 3 N–H and O–H groups in total. The van der Waals surface area contributed by atoms with Gasteiger partial charge in [-0.05, 0) is 53.2 Å². The highest BCUT2D eigenvalue weighted by atomic mass is 79.9. The summed E-state index contributed by atoms with van der Waals surface area (Å²) in [5.74, 6) is 0.113. The van der Waals surface area contributed by atoms with Gasteiger partial charge in [0.2, 0.25) is 5.88 Å². The zero-order valence-electron chi connectivity index (χ0n) is 10.9. The molecule has 0 atom stereocenters. The third kappa shape index (κ3) is 3.27. The van der Waals surface area contributed by atoms with Crippen molar-refractivity contribution in [1.29, 1.82) is 0 Å². The van der Waals surface area contributed by atoms with Gasteiger partial charge in [-0.1, -0.05) is 0 Å². The van der Waals surface area contributed by atoms with Crippen LogP contribution >= 0.6 is 15.9 Å². The lowest BCUT2D eigenvalue weighted by Crippen LogP contribution is -2.14. The first-order valence-corrected chi connectivity index (χ1v) is 6.85. The van der Waals surface area contributed by atoms with Crippen molar-refractivity contribution < 1.29 is 9.53 Å². The molecule has 6 heteroatoms. The van der Waals surface area contributed by atoms with E-state index in [0.717, 1.165) is 0 Å². The van der Waals surface area contributed by atoms with Crippen LogP contribution in [0.3, 0.4) is 0 Å². The number of halogens is 1. The van der Waals surface area contributed by atoms with E-state index >= 15 is 0 Å². The minimum absolute atomic E-state index is 0.280. The van der Waals surface area contributed by atoms with Crippen molar-refractivity contribution in [2.75, 3.05) is 17.7 Å². The maximum Gasteiger partial charge on any atom is 0.257 e. The molecule has 0 saturated heterocycles. The van der Waals surface area contributed by atoms with Crippen LogP contribution in [0.4, 0.5) is 11.4 Å². The summed E-state index contributed by atoms with van der Waals surface area (Å²) in [4.78, 5) is 16.3. The zero-order valence-corrected chi connectivity index (χ0v) is 12.5. The molecular weight excluding hydrogens is 322 g/mol. The molecule has 1 aromatic heterocycles. The minimum Gasteiger partial charge on any atom is -0.476 e. The van der Waals surface area contributed by atoms with Crippen molar-refractivity contribution in [3.8, 4) is 5.88 Å². The first kappa shape index (κ1) is 14.3. The molecule has 20 heavy (non-hydrogen) atoms. The summed E-state index contributed by atoms with van der Waals surface area (Å²) < 4.78 is 6.04. The molecule has 0 bridgehead atoms. The Morgan fingerprint density at radius 3 is 3.00 bits per heavy atom. The molecule has 2 aromatic rings. The lowest BCUT2D eigenvalue weighted by molar-refractivity contribution is 0.102. The number of nitrogens with zero attached hydrogens (tertiary/aromatic N) is 1. The van der Waals surface area contributed by atoms with E-state index in [0.29, 0.717) is 33.9 Å². The van der Waals surface area contributed by atoms with E-state index in [1.54, 1.807) is 36.5 Å². The van der Waals surface area contributed by atoms with E-state index in [1.165, 1.54) is 0 Å². The number of carbonyl (C=O) groups is 1. The summed E-state index contributed by atoms with van der Waals surface area (Å²) in [7, 11) is 0. The van der Waals surface area contributed by atoms with Gasteiger partial charge < -0.3 is 15.8 Å². The molecular formula is C14H14BrN3O2. The smallest absolute Gasteiger partial charge is 0.257 e. The number of pyridine rings is 1. The van der Waals surface area contributed by atoms with Gasteiger partial charge in [-0.3, -0.25) is 4.79 Å². The molecule has 0 radical (unpaired) electrons. The largest absolute Gasteiger partial charge is 0.476 e. The Morgan fingerprint density at radius 1 is 1.45 bits per heavy atom. The van der Waals surface area contributed by atoms with Crippen molar-refractivity contribution in [2.45, 2.75) is 6.92 Å². The normalized spacial score (nSPS) is 10.1. The highest BCUT2D eigenvalue weighted by molar-refractivity contribution is 9.10. The summed E-state index contributed by atoms with van der Waals surface area (Å²) >= 11 is 3.33. The lowest BCUT2D eigenvalue weighted by atomic mass is 10.2. The fourth-order valence-electron chi connectivity index (χ4n) is 1.64. The van der Waals surface area contributed by atoms with E-state index in [9.17, 15) is 4.79 Å². The van der Waals surface area contributed by atoms with Crippen molar-refractivity contribution in [3.63, 3.8) is 0 Å². The van der Waals surface area contributed by atoms with Crippen LogP contribution in [0.2, 0.25) is 0 Å². The van der Waals surface area contributed by atoms with E-state index in [4.69, 9.17) is 10.5 Å². The molecule has 2 rings (SSSR count). The molecule has 1 aromatic carbocycles. The number of benzene rings is 1. The van der Waals surface area contributed by atoms with Gasteiger partial charge in [-0.2, -0.15) is 0 Å². The number of nitrogen functional groups attached to an aromatic ring is 1. The first-order valence-electron chi connectivity index (χ1n) is 6.06. The summed E-state index contributed by atoms with van der Waals surface area (Å²) in [6.07, 6.45) is 1.61. The molecule has 0 saturated carbocycles. The summed E-state index contributed by atoms with van der Waals surface area (Å²) in [5, 5.41) is 2.77. The topological polar surface area (TPSA) is 77.2 Å². The van der Waals surface area contributed by atoms with Crippen molar-refractivity contribution in [1.82, 2.24) is 4.98 Å². The maximum atomic E-state index is 12.3. The average Bonchev–Trinajstić information content (AvgIpc) is 2.44. The number of hydrogen-bond acceptors (Lipinski definition) is 4. The predicted octanol–water partition coefficient (Wildman–Crippen LogP) is 3.08. The molecule has 5 nitrogen and oxygen atoms in total. The van der Waals surface area contributed by atoms with Gasteiger partial charge in [0.05, 0.1) is 12.2 Å². The van der Waals surface area contributed by atoms with Crippen LogP contribution in [0.5, 0.6) is 5.88 Å². The number of amides is 1. The second kappa shape index (κ2) is 6.38. The van der Waals surface area contributed by atoms with Crippen molar-refractivity contribution in [3.05, 3.63) is 46.6 Å². The number of rotatable bonds is 4. The number of nitrogens with one attached hydrogen (secondary N) is 1. The molecule has 0 spiro atoms. The number of carbonyl (C=O) groups excluding carboxylic acids is 1. The summed E-state index contributed by atoms with van der Waals surface area (Å²) in [5.41, 5.74) is 7.20. The summed E-state index contributed by atoms with van der Waals surface area (Å²) in [6, 6.07) is 8.52. The Labute approximate surface area is 125 Å². The highest BCUT2D eigenvalue weighted by Gasteiger charge is 2.13. The molecule has 0 fully saturated rings. The number of ether oxygens (including phenoxy) is 1. The standard InChI is InChI=1S/C14H14BrN3O2/c1-2-20-14-12(4-3-7-17-14)18-13(19)10-8-9(16)5-6-11(10)15/h3-8H,2,16H2,1H3,(H,18,19). The maximum absolute atomic E-state index is 12.3. The highest BCUT2D eigenvalue weighted by Crippen LogP contribution is 2.24. The minimum atomic E-state index is -0.280. The van der Waals surface area contributed by atoms with Gasteiger partial charge in [0, 0.05) is 16.4 Å². The van der Waals surface area contributed by atoms with E-state index in [-0.39, 0.29) is 5.91 Å². The first-order chi connectivity index (χ1) is 9.61. The fraction of sp³-hybridized carbons (Fsp3) is 0.143. The number of anilines is 2. The summed E-state index contributed by atoms with van der Waals surface area (Å²) in [6.45, 7) is 2.33. The lowest BCUT2D eigenvalue weighted by Gasteiger charge is -2.11. The Morgan fingerprint density at radius 2 is 2.25 bits per heavy atom. The molecule has 0 aliphatic heterocycles. The van der Waals surface area contributed by atoms with Gasteiger partial charge >= 0.3 is 0 Å². The Balaban J connectivity index is 2.26. The second-order valence-corrected chi connectivity index (χ2v) is 4.84. The van der Waals surface area contributed by atoms with Crippen LogP contribution in [0.15, 0.2) is 41.0 Å². The van der Waals surface area contributed by atoms with E-state index < -0.39 is 0 Å². The fourth-order valence-corrected chi connectivity index (χ4v) is 2.07. The monoisotopic (exact) mass is 335 g/mol. The van der Waals surface area contributed by atoms with Gasteiger partial charge in [0.25, 0.3) is 5.91 Å². The molecule has 104 valence electrons. The number of aromatic nitrogens is 1. The molecule has 1 amide bonds.